The first-order chi connectivity index (χ1) is 7.66. The zero-order valence-corrected chi connectivity index (χ0v) is 10.1. The first-order valence-electron chi connectivity index (χ1n) is 5.26. The van der Waals surface area contributed by atoms with Gasteiger partial charge in [-0.1, -0.05) is 19.0 Å². The Morgan fingerprint density at radius 2 is 2.31 bits per heavy atom. The minimum Gasteiger partial charge on any atom is -0.506 e. The van der Waals surface area contributed by atoms with E-state index in [0.29, 0.717) is 22.5 Å². The molecule has 2 aromatic heterocycles. The maximum Gasteiger partial charge on any atom is 0.271 e. The molecule has 0 spiro atoms. The number of rotatable bonds is 4. The molecule has 1 N–H and O–H groups in total. The van der Waals surface area contributed by atoms with E-state index in [1.807, 2.05) is 0 Å². The van der Waals surface area contributed by atoms with Gasteiger partial charge < -0.3 is 9.63 Å². The molecule has 0 saturated carbocycles. The van der Waals surface area contributed by atoms with E-state index in [0.717, 1.165) is 12.8 Å². The molecular formula is C11H14N2O2S. The van der Waals surface area contributed by atoms with Gasteiger partial charge in [0, 0.05) is 6.42 Å². The summed E-state index contributed by atoms with van der Waals surface area (Å²) in [4.78, 5) is 4.90. The number of hydrogen-bond acceptors (Lipinski definition) is 5. The molecule has 2 heterocycles. The average Bonchev–Trinajstić information content (AvgIpc) is 2.83. The van der Waals surface area contributed by atoms with Crippen molar-refractivity contribution in [2.24, 2.45) is 5.92 Å². The molecule has 16 heavy (non-hydrogen) atoms. The Kier molecular flexibility index (Phi) is 3.24. The Morgan fingerprint density at radius 1 is 1.50 bits per heavy atom. The van der Waals surface area contributed by atoms with Crippen LogP contribution >= 0.6 is 11.3 Å². The molecule has 0 aliphatic heterocycles. The largest absolute Gasteiger partial charge is 0.506 e. The van der Waals surface area contributed by atoms with Crippen LogP contribution in [-0.2, 0) is 6.42 Å². The topological polar surface area (TPSA) is 59.2 Å². The van der Waals surface area contributed by atoms with Gasteiger partial charge in [0.15, 0.2) is 5.82 Å². The molecule has 86 valence electrons. The van der Waals surface area contributed by atoms with Crippen molar-refractivity contribution >= 4 is 11.3 Å². The van der Waals surface area contributed by atoms with E-state index in [2.05, 4.69) is 24.0 Å². The lowest BCUT2D eigenvalue weighted by Crippen LogP contribution is -1.93. The van der Waals surface area contributed by atoms with Crippen LogP contribution in [0.25, 0.3) is 10.8 Å². The van der Waals surface area contributed by atoms with Crippen molar-refractivity contribution in [2.45, 2.75) is 26.7 Å². The molecule has 0 aliphatic rings. The average molecular weight is 238 g/mol. The van der Waals surface area contributed by atoms with Gasteiger partial charge in [-0.2, -0.15) is 4.98 Å². The van der Waals surface area contributed by atoms with Crippen molar-refractivity contribution in [3.8, 4) is 16.5 Å². The zero-order valence-electron chi connectivity index (χ0n) is 9.30. The van der Waals surface area contributed by atoms with Crippen LogP contribution in [0.15, 0.2) is 16.0 Å². The predicted molar refractivity (Wildman–Crippen MR) is 62.4 cm³/mol. The van der Waals surface area contributed by atoms with E-state index in [9.17, 15) is 5.11 Å². The minimum absolute atomic E-state index is 0.198. The van der Waals surface area contributed by atoms with Crippen LogP contribution in [-0.4, -0.2) is 15.2 Å². The fraction of sp³-hybridized carbons (Fsp3) is 0.455. The van der Waals surface area contributed by atoms with Crippen LogP contribution in [0.2, 0.25) is 0 Å². The first-order valence-corrected chi connectivity index (χ1v) is 6.14. The SMILES string of the molecule is CC(C)CCc1noc(-c2sccc2O)n1. The Balaban J connectivity index is 2.11. The molecule has 4 nitrogen and oxygen atoms in total. The molecule has 0 fully saturated rings. The smallest absolute Gasteiger partial charge is 0.271 e. The number of aromatic nitrogens is 2. The highest BCUT2D eigenvalue weighted by atomic mass is 32.1. The van der Waals surface area contributed by atoms with Gasteiger partial charge in [0.05, 0.1) is 0 Å². The molecular weight excluding hydrogens is 224 g/mol. The monoisotopic (exact) mass is 238 g/mol. The van der Waals surface area contributed by atoms with E-state index < -0.39 is 0 Å². The number of nitrogens with zero attached hydrogens (tertiary/aromatic N) is 2. The van der Waals surface area contributed by atoms with Gasteiger partial charge in [-0.3, -0.25) is 0 Å². The van der Waals surface area contributed by atoms with Crippen LogP contribution < -0.4 is 0 Å². The van der Waals surface area contributed by atoms with Gasteiger partial charge in [-0.05, 0) is 23.8 Å². The van der Waals surface area contributed by atoms with Gasteiger partial charge in [-0.15, -0.1) is 11.3 Å². The lowest BCUT2D eigenvalue weighted by Gasteiger charge is -1.98. The van der Waals surface area contributed by atoms with Crippen molar-refractivity contribution in [3.05, 3.63) is 17.3 Å². The third kappa shape index (κ3) is 2.41. The summed E-state index contributed by atoms with van der Waals surface area (Å²) in [5.74, 6) is 1.93. The van der Waals surface area contributed by atoms with Crippen LogP contribution in [0.4, 0.5) is 0 Å². The van der Waals surface area contributed by atoms with E-state index in [-0.39, 0.29) is 5.75 Å². The third-order valence-corrected chi connectivity index (χ3v) is 3.14. The maximum atomic E-state index is 9.51. The van der Waals surface area contributed by atoms with Gasteiger partial charge in [-0.25, -0.2) is 0 Å². The van der Waals surface area contributed by atoms with E-state index in [1.165, 1.54) is 11.3 Å². The fourth-order valence-corrected chi connectivity index (χ4v) is 2.03. The number of thiophene rings is 1. The summed E-state index contributed by atoms with van der Waals surface area (Å²) in [6, 6.07) is 1.62. The van der Waals surface area contributed by atoms with E-state index in [1.54, 1.807) is 11.4 Å². The second-order valence-corrected chi connectivity index (χ2v) is 5.00. The van der Waals surface area contributed by atoms with Crippen molar-refractivity contribution in [1.29, 1.82) is 0 Å². The van der Waals surface area contributed by atoms with Crippen molar-refractivity contribution < 1.29 is 9.63 Å². The second-order valence-electron chi connectivity index (χ2n) is 4.08. The Labute approximate surface area is 97.9 Å². The van der Waals surface area contributed by atoms with Crippen molar-refractivity contribution in [1.82, 2.24) is 10.1 Å². The molecule has 5 heteroatoms. The molecule has 0 aliphatic carbocycles. The summed E-state index contributed by atoms with van der Waals surface area (Å²) < 4.78 is 5.11. The molecule has 0 saturated heterocycles. The lowest BCUT2D eigenvalue weighted by molar-refractivity contribution is 0.416. The first kappa shape index (κ1) is 11.1. The summed E-state index contributed by atoms with van der Waals surface area (Å²) in [5, 5.41) is 15.2. The normalized spacial score (nSPS) is 11.2. The van der Waals surface area contributed by atoms with E-state index >= 15 is 0 Å². The van der Waals surface area contributed by atoms with Gasteiger partial charge in [0.25, 0.3) is 5.89 Å². The summed E-state index contributed by atoms with van der Waals surface area (Å²) >= 11 is 1.39. The highest BCUT2D eigenvalue weighted by Crippen LogP contribution is 2.33. The second kappa shape index (κ2) is 4.65. The van der Waals surface area contributed by atoms with Crippen LogP contribution in [0.5, 0.6) is 5.75 Å². The Hall–Kier alpha value is -1.36. The number of aryl methyl sites for hydroxylation is 1. The molecule has 0 atom stereocenters. The third-order valence-electron chi connectivity index (χ3n) is 2.25. The van der Waals surface area contributed by atoms with Crippen molar-refractivity contribution in [3.63, 3.8) is 0 Å². The van der Waals surface area contributed by atoms with Crippen LogP contribution in [0.1, 0.15) is 26.1 Å². The standard InChI is InChI=1S/C11H14N2O2S/c1-7(2)3-4-9-12-11(15-13-9)10-8(14)5-6-16-10/h5-7,14H,3-4H2,1-2H3. The zero-order chi connectivity index (χ0) is 11.5. The summed E-state index contributed by atoms with van der Waals surface area (Å²) in [5.41, 5.74) is 0. The molecule has 2 aromatic rings. The highest BCUT2D eigenvalue weighted by molar-refractivity contribution is 7.13. The van der Waals surface area contributed by atoms with Crippen LogP contribution in [0, 0.1) is 5.92 Å². The molecule has 0 amide bonds. The summed E-state index contributed by atoms with van der Waals surface area (Å²) in [7, 11) is 0. The summed E-state index contributed by atoms with van der Waals surface area (Å²) in [6.45, 7) is 4.32. The number of hydrogen-bond donors (Lipinski definition) is 1. The Bertz CT molecular complexity index is 462. The predicted octanol–water partition coefficient (Wildman–Crippen LogP) is 3.09. The maximum absolute atomic E-state index is 9.51. The minimum atomic E-state index is 0.198. The molecule has 0 bridgehead atoms. The molecule has 0 unspecified atom stereocenters. The fourth-order valence-electron chi connectivity index (χ4n) is 1.33. The van der Waals surface area contributed by atoms with Gasteiger partial charge in [0.1, 0.15) is 10.6 Å². The molecule has 2 rings (SSSR count). The van der Waals surface area contributed by atoms with E-state index in [4.69, 9.17) is 4.52 Å². The van der Waals surface area contributed by atoms with Gasteiger partial charge in [0.2, 0.25) is 0 Å². The molecule has 0 radical (unpaired) electrons. The highest BCUT2D eigenvalue weighted by Gasteiger charge is 2.14. The van der Waals surface area contributed by atoms with Gasteiger partial charge >= 0.3 is 0 Å². The molecule has 0 aromatic carbocycles. The summed E-state index contributed by atoms with van der Waals surface area (Å²) in [6.07, 6.45) is 1.85. The quantitative estimate of drug-likeness (QED) is 0.889. The van der Waals surface area contributed by atoms with Crippen molar-refractivity contribution in [2.75, 3.05) is 0 Å². The lowest BCUT2D eigenvalue weighted by atomic mass is 10.1. The van der Waals surface area contributed by atoms with Crippen LogP contribution in [0.3, 0.4) is 0 Å². The Morgan fingerprint density at radius 3 is 2.94 bits per heavy atom. The number of aromatic hydroxyl groups is 1.